The van der Waals surface area contributed by atoms with Crippen molar-refractivity contribution < 1.29 is 27.4 Å². The van der Waals surface area contributed by atoms with Crippen LogP contribution in [0.2, 0.25) is 0 Å². The van der Waals surface area contributed by atoms with Gasteiger partial charge in [0.15, 0.2) is 17.0 Å². The molecule has 342 valence electrons. The predicted octanol–water partition coefficient (Wildman–Crippen LogP) is 7.09. The summed E-state index contributed by atoms with van der Waals surface area (Å²) in [6, 6.07) is 11.9. The fourth-order valence-corrected chi connectivity index (χ4v) is 10.5. The third kappa shape index (κ3) is 7.31. The average Bonchev–Trinajstić information content (AvgIpc) is 4.13. The second-order valence-corrected chi connectivity index (χ2v) is 18.2. The van der Waals surface area contributed by atoms with Crippen LogP contribution in [0.5, 0.6) is 11.8 Å². The molecule has 0 spiro atoms. The van der Waals surface area contributed by atoms with Gasteiger partial charge in [0, 0.05) is 66.9 Å². The minimum Gasteiger partial charge on any atom is -0.508 e. The molecule has 12 rings (SSSR count). The van der Waals surface area contributed by atoms with Crippen LogP contribution in [0, 0.1) is 24.0 Å². The Labute approximate surface area is 381 Å². The third-order valence-electron chi connectivity index (χ3n) is 13.5. The quantitative estimate of drug-likeness (QED) is 0.118. The molecule has 3 aromatic carbocycles. The SMILES string of the molecule is C#Cc1c(F)ccc2cc(O)cc(-c3ncc4c(N5CC6CCC(C5)N6)nc(OCC56CCCN5CC(F)C6)nc4c3F)c12.CC(C)n1nc(-c2ccc3oc(N)nc3c2)c2c(N)ncnc21. The standard InChI is InChI=1S/C33H31F3N6O2.C15H15N7O/c1-2-23-26(35)7-4-18-10-22(43)11-24(27(18)23)29-28(36)30-25(13-37-29)31(41-15-20-5-6-21(16-41)38-20)40-32(39-30)44-17-33-8-3-9-42(33)14-19(34)12-33;1-7(2)22-14-11(13(16)18-6-19-14)12(21-22)8-3-4-10-9(5-8)20-15(17)23-10/h1,4,7,10-11,13,19-21,38,43H,3,5-6,8-9,12,14-17H2;3-7H,1-2H3,(H2,17,20)(H2,16,18,19). The highest BCUT2D eigenvalue weighted by molar-refractivity contribution is 6.03. The van der Waals surface area contributed by atoms with E-state index in [1.807, 2.05) is 36.7 Å². The summed E-state index contributed by atoms with van der Waals surface area (Å²) < 4.78 is 59.3. The lowest BCUT2D eigenvalue weighted by molar-refractivity contribution is 0.107. The number of nitrogen functional groups attached to an aromatic ring is 2. The van der Waals surface area contributed by atoms with Gasteiger partial charge in [-0.3, -0.25) is 9.88 Å². The summed E-state index contributed by atoms with van der Waals surface area (Å²) in [6.07, 6.45) is 12.0. The lowest BCUT2D eigenvalue weighted by Crippen LogP contribution is -2.51. The highest BCUT2D eigenvalue weighted by Crippen LogP contribution is 2.42. The number of phenols is 1. The molecule has 0 saturated carbocycles. The molecule has 67 heavy (non-hydrogen) atoms. The van der Waals surface area contributed by atoms with Crippen molar-refractivity contribution in [3.63, 3.8) is 0 Å². The zero-order valence-electron chi connectivity index (χ0n) is 36.7. The second kappa shape index (κ2) is 16.2. The van der Waals surface area contributed by atoms with Gasteiger partial charge >= 0.3 is 6.01 Å². The maximum absolute atomic E-state index is 16.7. The van der Waals surface area contributed by atoms with E-state index in [9.17, 15) is 13.9 Å². The molecule has 4 aliphatic rings. The molecular weight excluding hydrogens is 864 g/mol. The summed E-state index contributed by atoms with van der Waals surface area (Å²) in [6.45, 7) is 6.86. The van der Waals surface area contributed by atoms with Crippen LogP contribution in [0.4, 0.5) is 30.8 Å². The number of anilines is 3. The van der Waals surface area contributed by atoms with Gasteiger partial charge in [-0.1, -0.05) is 12.0 Å². The first kappa shape index (κ1) is 42.3. The van der Waals surface area contributed by atoms with Crippen molar-refractivity contribution in [3.8, 4) is 46.6 Å². The van der Waals surface area contributed by atoms with Crippen LogP contribution >= 0.6 is 0 Å². The molecular formula is C48H46F3N13O3. The van der Waals surface area contributed by atoms with Crippen molar-refractivity contribution in [2.45, 2.75) is 75.8 Å². The molecule has 5 aromatic heterocycles. The van der Waals surface area contributed by atoms with Crippen molar-refractivity contribution in [1.82, 2.24) is 49.9 Å². The third-order valence-corrected chi connectivity index (χ3v) is 13.5. The first-order valence-corrected chi connectivity index (χ1v) is 22.3. The molecule has 8 aromatic rings. The number of nitrogens with zero attached hydrogens (tertiary/aromatic N) is 10. The number of rotatable bonds is 7. The molecule has 9 heterocycles. The molecule has 0 aliphatic carbocycles. The molecule has 4 unspecified atom stereocenters. The van der Waals surface area contributed by atoms with Gasteiger partial charge in [0.1, 0.15) is 64.7 Å². The van der Waals surface area contributed by atoms with E-state index in [-0.39, 0.29) is 58.1 Å². The fourth-order valence-electron chi connectivity index (χ4n) is 10.5. The molecule has 2 bridgehead atoms. The number of fused-ring (bicyclic) bond motifs is 7. The number of piperazine rings is 1. The molecule has 4 atom stereocenters. The predicted molar refractivity (Wildman–Crippen MR) is 248 cm³/mol. The number of alkyl halides is 1. The van der Waals surface area contributed by atoms with Crippen molar-refractivity contribution in [3.05, 3.63) is 72.2 Å². The number of nitrogens with two attached hydrogens (primary N) is 2. The number of terminal acetylenes is 1. The van der Waals surface area contributed by atoms with Crippen LogP contribution in [-0.4, -0.2) is 106 Å². The first-order chi connectivity index (χ1) is 32.4. The van der Waals surface area contributed by atoms with Crippen LogP contribution in [0.25, 0.3) is 66.3 Å². The van der Waals surface area contributed by atoms with Gasteiger partial charge in [-0.05, 0) is 87.9 Å². The Morgan fingerprint density at radius 3 is 2.61 bits per heavy atom. The maximum Gasteiger partial charge on any atom is 0.319 e. The lowest BCUT2D eigenvalue weighted by Gasteiger charge is -2.34. The number of hydrogen-bond donors (Lipinski definition) is 4. The Kier molecular flexibility index (Phi) is 10.3. The summed E-state index contributed by atoms with van der Waals surface area (Å²) in [4.78, 5) is 30.7. The van der Waals surface area contributed by atoms with Crippen molar-refractivity contribution >= 4 is 61.5 Å². The number of nitrogens with one attached hydrogen (secondary N) is 1. The van der Waals surface area contributed by atoms with Gasteiger partial charge in [0.25, 0.3) is 6.01 Å². The van der Waals surface area contributed by atoms with Crippen LogP contribution < -0.4 is 26.4 Å². The van der Waals surface area contributed by atoms with Gasteiger partial charge in [-0.25, -0.2) is 27.8 Å². The van der Waals surface area contributed by atoms with E-state index in [4.69, 9.17) is 32.0 Å². The molecule has 4 saturated heterocycles. The lowest BCUT2D eigenvalue weighted by atomic mass is 9.95. The van der Waals surface area contributed by atoms with E-state index >= 15 is 4.39 Å². The van der Waals surface area contributed by atoms with Crippen LogP contribution in [0.15, 0.2) is 59.4 Å². The minimum atomic E-state index is -0.913. The summed E-state index contributed by atoms with van der Waals surface area (Å²) >= 11 is 0. The number of aromatic nitrogens is 8. The van der Waals surface area contributed by atoms with Gasteiger partial charge in [0.2, 0.25) is 0 Å². The monoisotopic (exact) mass is 909 g/mol. The Balaban J connectivity index is 0.000000180. The Bertz CT molecular complexity index is 3310. The number of oxazole rings is 1. The van der Waals surface area contributed by atoms with Crippen LogP contribution in [0.3, 0.4) is 0 Å². The van der Waals surface area contributed by atoms with E-state index in [0.29, 0.717) is 77.3 Å². The Morgan fingerprint density at radius 1 is 1.00 bits per heavy atom. The summed E-state index contributed by atoms with van der Waals surface area (Å²) in [5, 5.41) is 20.7. The van der Waals surface area contributed by atoms with E-state index < -0.39 is 23.3 Å². The number of ether oxygens (including phenoxy) is 1. The van der Waals surface area contributed by atoms with Crippen molar-refractivity contribution in [1.29, 1.82) is 0 Å². The summed E-state index contributed by atoms with van der Waals surface area (Å²) in [5.41, 5.74) is 14.8. The molecule has 16 nitrogen and oxygen atoms in total. The van der Waals surface area contributed by atoms with E-state index in [2.05, 4.69) is 51.1 Å². The number of pyridine rings is 1. The highest BCUT2D eigenvalue weighted by Gasteiger charge is 2.49. The van der Waals surface area contributed by atoms with Crippen molar-refractivity contribution in [2.75, 3.05) is 49.2 Å². The number of hydrogen-bond acceptors (Lipinski definition) is 15. The average molecular weight is 910 g/mol. The van der Waals surface area contributed by atoms with Gasteiger partial charge < -0.3 is 35.9 Å². The number of aromatic hydroxyl groups is 1. The number of benzene rings is 3. The zero-order chi connectivity index (χ0) is 46.3. The van der Waals surface area contributed by atoms with E-state index in [1.165, 1.54) is 36.8 Å². The molecule has 4 fully saturated rings. The zero-order valence-corrected chi connectivity index (χ0v) is 36.7. The molecule has 0 radical (unpaired) electrons. The first-order valence-electron chi connectivity index (χ1n) is 22.3. The second-order valence-electron chi connectivity index (χ2n) is 18.2. The molecule has 6 N–H and O–H groups in total. The summed E-state index contributed by atoms with van der Waals surface area (Å²) in [7, 11) is 0. The number of halogens is 3. The Hall–Kier alpha value is -7.30. The maximum atomic E-state index is 16.7. The van der Waals surface area contributed by atoms with Gasteiger partial charge in [-0.15, -0.1) is 6.42 Å². The Morgan fingerprint density at radius 2 is 1.82 bits per heavy atom. The van der Waals surface area contributed by atoms with Crippen molar-refractivity contribution in [2.24, 2.45) is 0 Å². The van der Waals surface area contributed by atoms with E-state index in [0.717, 1.165) is 48.9 Å². The molecule has 4 aliphatic heterocycles. The topological polar surface area (TPSA) is 208 Å². The minimum absolute atomic E-state index is 0.00778. The fraction of sp³-hybridized carbons (Fsp3) is 0.354. The highest BCUT2D eigenvalue weighted by atomic mass is 19.1. The largest absolute Gasteiger partial charge is 0.508 e. The number of phenolic OH excluding ortho intramolecular Hbond substituents is 1. The van der Waals surface area contributed by atoms with Gasteiger partial charge in [0.05, 0.1) is 21.9 Å². The normalized spacial score (nSPS) is 21.4. The molecule has 19 heteroatoms. The van der Waals surface area contributed by atoms with E-state index in [1.54, 1.807) is 0 Å². The van der Waals surface area contributed by atoms with Crippen LogP contribution in [0.1, 0.15) is 57.6 Å². The summed E-state index contributed by atoms with van der Waals surface area (Å²) in [5.74, 6) is 1.75. The smallest absolute Gasteiger partial charge is 0.319 e. The van der Waals surface area contributed by atoms with Gasteiger partial charge in [-0.2, -0.15) is 20.1 Å². The van der Waals surface area contributed by atoms with Crippen LogP contribution in [-0.2, 0) is 0 Å². The molecule has 0 amide bonds.